The number of anilines is 1. The minimum atomic E-state index is 0.498. The SMILES string of the molecule is CC.CCCc1[nH]nc2c(N)nc3ccccc3c12. The number of nitrogens with zero attached hydrogens (tertiary/aromatic N) is 2. The van der Waals surface area contributed by atoms with Gasteiger partial charge in [0, 0.05) is 16.5 Å². The molecular weight excluding hydrogens is 236 g/mol. The molecule has 0 aliphatic heterocycles. The molecule has 100 valence electrons. The summed E-state index contributed by atoms with van der Waals surface area (Å²) in [5, 5.41) is 9.59. The largest absolute Gasteiger partial charge is 0.382 e. The number of pyridine rings is 1. The Morgan fingerprint density at radius 1 is 1.21 bits per heavy atom. The van der Waals surface area contributed by atoms with Crippen LogP contribution in [-0.4, -0.2) is 15.2 Å². The van der Waals surface area contributed by atoms with Gasteiger partial charge in [-0.3, -0.25) is 5.10 Å². The van der Waals surface area contributed by atoms with E-state index < -0.39 is 0 Å². The summed E-state index contributed by atoms with van der Waals surface area (Å²) in [5.41, 5.74) is 8.80. The maximum absolute atomic E-state index is 5.94. The third-order valence-electron chi connectivity index (χ3n) is 3.00. The van der Waals surface area contributed by atoms with Gasteiger partial charge in [-0.1, -0.05) is 45.4 Å². The summed E-state index contributed by atoms with van der Waals surface area (Å²) in [6.07, 6.45) is 2.05. The van der Waals surface area contributed by atoms with Crippen LogP contribution in [0.4, 0.5) is 5.82 Å². The standard InChI is InChI=1S/C13H14N4.C2H6/c1-2-5-10-11-8-6-3-4-7-9(8)15-13(14)12(11)17-16-10;1-2/h3-4,6-7H,2,5H2,1H3,(H2,14,15)(H,16,17);1-2H3. The maximum Gasteiger partial charge on any atom is 0.152 e. The van der Waals surface area contributed by atoms with Gasteiger partial charge in [0.25, 0.3) is 0 Å². The van der Waals surface area contributed by atoms with Crippen LogP contribution in [0.3, 0.4) is 0 Å². The van der Waals surface area contributed by atoms with Crippen molar-refractivity contribution in [3.05, 3.63) is 30.0 Å². The average molecular weight is 256 g/mol. The summed E-state index contributed by atoms with van der Waals surface area (Å²) in [6, 6.07) is 8.04. The number of aryl methyl sites for hydroxylation is 1. The lowest BCUT2D eigenvalue weighted by molar-refractivity contribution is 0.874. The zero-order valence-electron chi connectivity index (χ0n) is 11.7. The molecule has 0 bridgehead atoms. The van der Waals surface area contributed by atoms with Crippen molar-refractivity contribution in [2.45, 2.75) is 33.6 Å². The molecule has 0 radical (unpaired) electrons. The van der Waals surface area contributed by atoms with E-state index in [0.29, 0.717) is 5.82 Å². The molecule has 3 aromatic rings. The Balaban J connectivity index is 0.000000637. The number of nitrogens with two attached hydrogens (primary N) is 1. The van der Waals surface area contributed by atoms with Gasteiger partial charge in [0.1, 0.15) is 5.52 Å². The van der Waals surface area contributed by atoms with Crippen LogP contribution < -0.4 is 5.73 Å². The minimum Gasteiger partial charge on any atom is -0.382 e. The van der Waals surface area contributed by atoms with E-state index in [2.05, 4.69) is 28.2 Å². The van der Waals surface area contributed by atoms with Crippen LogP contribution in [-0.2, 0) is 6.42 Å². The molecule has 0 aliphatic carbocycles. The number of nitrogen functional groups attached to an aromatic ring is 1. The van der Waals surface area contributed by atoms with Gasteiger partial charge in [0.15, 0.2) is 5.82 Å². The molecule has 1 aromatic carbocycles. The van der Waals surface area contributed by atoms with Gasteiger partial charge >= 0.3 is 0 Å². The topological polar surface area (TPSA) is 67.6 Å². The predicted octanol–water partition coefficient (Wildman–Crippen LogP) is 3.67. The number of fused-ring (bicyclic) bond motifs is 3. The van der Waals surface area contributed by atoms with Crippen molar-refractivity contribution in [2.75, 3.05) is 5.73 Å². The number of H-pyrrole nitrogens is 1. The first-order chi connectivity index (χ1) is 9.31. The quantitative estimate of drug-likeness (QED) is 0.735. The zero-order chi connectivity index (χ0) is 13.8. The van der Waals surface area contributed by atoms with Crippen LogP contribution in [0.5, 0.6) is 0 Å². The van der Waals surface area contributed by atoms with E-state index in [0.717, 1.165) is 40.3 Å². The lowest BCUT2D eigenvalue weighted by atomic mass is 10.1. The smallest absolute Gasteiger partial charge is 0.152 e. The van der Waals surface area contributed by atoms with E-state index in [9.17, 15) is 0 Å². The number of benzene rings is 1. The number of hydrogen-bond acceptors (Lipinski definition) is 3. The highest BCUT2D eigenvalue weighted by molar-refractivity contribution is 6.09. The van der Waals surface area contributed by atoms with Gasteiger partial charge in [-0.05, 0) is 12.5 Å². The van der Waals surface area contributed by atoms with Crippen LogP contribution in [0.2, 0.25) is 0 Å². The number of aromatic nitrogens is 3. The fourth-order valence-electron chi connectivity index (χ4n) is 2.25. The van der Waals surface area contributed by atoms with E-state index in [1.807, 2.05) is 32.0 Å². The van der Waals surface area contributed by atoms with Crippen LogP contribution >= 0.6 is 0 Å². The molecule has 4 nitrogen and oxygen atoms in total. The van der Waals surface area contributed by atoms with E-state index in [1.165, 1.54) is 0 Å². The molecule has 4 heteroatoms. The van der Waals surface area contributed by atoms with Crippen LogP contribution in [0.15, 0.2) is 24.3 Å². The summed E-state index contributed by atoms with van der Waals surface area (Å²) < 4.78 is 0. The van der Waals surface area contributed by atoms with Gasteiger partial charge in [0.2, 0.25) is 0 Å². The van der Waals surface area contributed by atoms with Crippen molar-refractivity contribution in [2.24, 2.45) is 0 Å². The molecule has 0 amide bonds. The first kappa shape index (κ1) is 13.3. The maximum atomic E-state index is 5.94. The van der Waals surface area contributed by atoms with Gasteiger partial charge in [-0.15, -0.1) is 0 Å². The van der Waals surface area contributed by atoms with Crippen molar-refractivity contribution >= 4 is 27.6 Å². The molecule has 0 unspecified atom stereocenters. The van der Waals surface area contributed by atoms with E-state index >= 15 is 0 Å². The second kappa shape index (κ2) is 5.69. The Labute approximate surface area is 113 Å². The van der Waals surface area contributed by atoms with Gasteiger partial charge < -0.3 is 5.73 Å². The van der Waals surface area contributed by atoms with E-state index in [-0.39, 0.29) is 0 Å². The summed E-state index contributed by atoms with van der Waals surface area (Å²) in [4.78, 5) is 4.37. The number of para-hydroxylation sites is 1. The fourth-order valence-corrected chi connectivity index (χ4v) is 2.25. The lowest BCUT2D eigenvalue weighted by Gasteiger charge is -2.02. The van der Waals surface area contributed by atoms with E-state index in [4.69, 9.17) is 5.73 Å². The highest BCUT2D eigenvalue weighted by Crippen LogP contribution is 2.29. The van der Waals surface area contributed by atoms with E-state index in [1.54, 1.807) is 0 Å². The Hall–Kier alpha value is -2.10. The molecular formula is C15H20N4. The molecule has 3 N–H and O–H groups in total. The first-order valence-corrected chi connectivity index (χ1v) is 6.82. The van der Waals surface area contributed by atoms with Gasteiger partial charge in [-0.25, -0.2) is 4.98 Å². The summed E-state index contributed by atoms with van der Waals surface area (Å²) in [6.45, 7) is 6.15. The molecule has 3 rings (SSSR count). The summed E-state index contributed by atoms with van der Waals surface area (Å²) in [5.74, 6) is 0.498. The third kappa shape index (κ3) is 2.26. The van der Waals surface area contributed by atoms with Crippen LogP contribution in [0.25, 0.3) is 21.8 Å². The molecule has 0 saturated carbocycles. The van der Waals surface area contributed by atoms with Crippen molar-refractivity contribution in [1.82, 2.24) is 15.2 Å². The molecule has 0 spiro atoms. The number of aromatic amines is 1. The molecule has 2 heterocycles. The Kier molecular flexibility index (Phi) is 4.00. The van der Waals surface area contributed by atoms with Crippen molar-refractivity contribution in [3.8, 4) is 0 Å². The number of rotatable bonds is 2. The third-order valence-corrected chi connectivity index (χ3v) is 3.00. The van der Waals surface area contributed by atoms with Crippen molar-refractivity contribution in [3.63, 3.8) is 0 Å². The number of nitrogens with one attached hydrogen (secondary N) is 1. The second-order valence-corrected chi connectivity index (χ2v) is 4.19. The first-order valence-electron chi connectivity index (χ1n) is 6.82. The summed E-state index contributed by atoms with van der Waals surface area (Å²) in [7, 11) is 0. The molecule has 0 atom stereocenters. The highest BCUT2D eigenvalue weighted by atomic mass is 15.1. The molecule has 0 aliphatic rings. The van der Waals surface area contributed by atoms with Crippen LogP contribution in [0, 0.1) is 0 Å². The Bertz CT molecular complexity index is 685. The average Bonchev–Trinajstić information content (AvgIpc) is 2.87. The zero-order valence-corrected chi connectivity index (χ0v) is 11.7. The van der Waals surface area contributed by atoms with Crippen LogP contribution in [0.1, 0.15) is 32.9 Å². The highest BCUT2D eigenvalue weighted by Gasteiger charge is 2.12. The Morgan fingerprint density at radius 3 is 2.68 bits per heavy atom. The normalized spacial score (nSPS) is 10.5. The van der Waals surface area contributed by atoms with Gasteiger partial charge in [-0.2, -0.15) is 5.10 Å². The minimum absolute atomic E-state index is 0.498. The second-order valence-electron chi connectivity index (χ2n) is 4.19. The Morgan fingerprint density at radius 2 is 1.95 bits per heavy atom. The molecule has 0 fully saturated rings. The molecule has 2 aromatic heterocycles. The monoisotopic (exact) mass is 256 g/mol. The predicted molar refractivity (Wildman–Crippen MR) is 81.2 cm³/mol. The number of hydrogen-bond donors (Lipinski definition) is 2. The van der Waals surface area contributed by atoms with Crippen molar-refractivity contribution in [1.29, 1.82) is 0 Å². The summed E-state index contributed by atoms with van der Waals surface area (Å²) >= 11 is 0. The lowest BCUT2D eigenvalue weighted by Crippen LogP contribution is -1.93. The van der Waals surface area contributed by atoms with Gasteiger partial charge in [0.05, 0.1) is 5.52 Å². The molecule has 0 saturated heterocycles. The molecule has 19 heavy (non-hydrogen) atoms. The fraction of sp³-hybridized carbons (Fsp3) is 0.333. The van der Waals surface area contributed by atoms with Crippen molar-refractivity contribution < 1.29 is 0 Å².